The van der Waals surface area contributed by atoms with E-state index >= 15 is 0 Å². The highest BCUT2D eigenvalue weighted by atomic mass is 16.5. The van der Waals surface area contributed by atoms with Gasteiger partial charge in [-0.15, -0.1) is 0 Å². The molecule has 0 fully saturated rings. The van der Waals surface area contributed by atoms with E-state index in [0.717, 1.165) is 38.4 Å². The van der Waals surface area contributed by atoms with E-state index in [9.17, 15) is 0 Å². The van der Waals surface area contributed by atoms with Crippen molar-refractivity contribution in [3.63, 3.8) is 0 Å². The Hall–Kier alpha value is -1.10. The molecular weight excluding hydrogens is 216 g/mol. The van der Waals surface area contributed by atoms with E-state index in [0.29, 0.717) is 12.0 Å². The number of nitrogens with one attached hydrogen (secondary N) is 1. The predicted molar refractivity (Wildman–Crippen MR) is 69.3 cm³/mol. The Morgan fingerprint density at radius 2 is 2.00 bits per heavy atom. The maximum absolute atomic E-state index is 5.23. The molecule has 0 radical (unpaired) electrons. The van der Waals surface area contributed by atoms with Gasteiger partial charge in [-0.2, -0.15) is 4.98 Å². The molecule has 1 heterocycles. The molecule has 17 heavy (non-hydrogen) atoms. The van der Waals surface area contributed by atoms with Crippen LogP contribution in [0.2, 0.25) is 0 Å². The summed E-state index contributed by atoms with van der Waals surface area (Å²) in [6, 6.07) is 0.531. The molecular formula is C12H24N4O. The number of aryl methyl sites for hydroxylation is 1. The molecule has 0 saturated heterocycles. The van der Waals surface area contributed by atoms with Gasteiger partial charge in [0.2, 0.25) is 5.89 Å². The molecule has 0 aliphatic carbocycles. The first kappa shape index (κ1) is 14.0. The summed E-state index contributed by atoms with van der Waals surface area (Å²) >= 11 is 0. The molecule has 0 aliphatic rings. The number of hydrogen-bond acceptors (Lipinski definition) is 5. The van der Waals surface area contributed by atoms with Gasteiger partial charge in [0, 0.05) is 25.6 Å². The summed E-state index contributed by atoms with van der Waals surface area (Å²) in [5.41, 5.74) is 0. The summed E-state index contributed by atoms with van der Waals surface area (Å²) in [4.78, 5) is 6.47. The van der Waals surface area contributed by atoms with Crippen LogP contribution in [0.4, 0.5) is 5.95 Å². The molecule has 1 aromatic heterocycles. The predicted octanol–water partition coefficient (Wildman–Crippen LogP) is 1.85. The second-order valence-corrected chi connectivity index (χ2v) is 4.37. The summed E-state index contributed by atoms with van der Waals surface area (Å²) in [6.45, 7) is 11.3. The molecule has 5 heteroatoms. The van der Waals surface area contributed by atoms with E-state index in [4.69, 9.17) is 4.52 Å². The Labute approximate surface area is 104 Å². The third-order valence-electron chi connectivity index (χ3n) is 2.62. The zero-order valence-corrected chi connectivity index (χ0v) is 11.4. The van der Waals surface area contributed by atoms with Crippen molar-refractivity contribution >= 4 is 5.95 Å². The molecule has 0 bridgehead atoms. The summed E-state index contributed by atoms with van der Waals surface area (Å²) in [5.74, 6) is 1.44. The molecule has 0 amide bonds. The van der Waals surface area contributed by atoms with Gasteiger partial charge in [-0.25, -0.2) is 0 Å². The molecule has 1 rings (SSSR count). The Kier molecular flexibility index (Phi) is 5.97. The minimum Gasteiger partial charge on any atom is -0.339 e. The molecule has 98 valence electrons. The third-order valence-corrected chi connectivity index (χ3v) is 2.62. The van der Waals surface area contributed by atoms with Crippen LogP contribution in [-0.2, 0) is 6.42 Å². The average Bonchev–Trinajstić information content (AvgIpc) is 2.75. The van der Waals surface area contributed by atoms with Crippen molar-refractivity contribution in [2.24, 2.45) is 0 Å². The molecule has 0 unspecified atom stereocenters. The van der Waals surface area contributed by atoms with Crippen LogP contribution in [0.1, 0.15) is 40.0 Å². The zero-order valence-electron chi connectivity index (χ0n) is 11.4. The number of nitrogens with zero attached hydrogens (tertiary/aromatic N) is 3. The standard InChI is InChI=1S/C12H24N4O/c1-5-16(6-2)12-14-11(17-15-12)8-7-9-13-10(3)4/h10,13H,5-9H2,1-4H3. The number of anilines is 1. The summed E-state index contributed by atoms with van der Waals surface area (Å²) in [6.07, 6.45) is 1.87. The SMILES string of the molecule is CCN(CC)c1noc(CCCNC(C)C)n1. The molecule has 0 saturated carbocycles. The van der Waals surface area contributed by atoms with Crippen molar-refractivity contribution in [2.75, 3.05) is 24.5 Å². The van der Waals surface area contributed by atoms with Crippen LogP contribution in [0, 0.1) is 0 Å². The van der Waals surface area contributed by atoms with Gasteiger partial charge in [-0.3, -0.25) is 0 Å². The van der Waals surface area contributed by atoms with Gasteiger partial charge < -0.3 is 14.7 Å². The van der Waals surface area contributed by atoms with Gasteiger partial charge in [0.1, 0.15) is 0 Å². The highest BCUT2D eigenvalue weighted by Gasteiger charge is 2.10. The highest BCUT2D eigenvalue weighted by molar-refractivity contribution is 5.26. The first-order valence-corrected chi connectivity index (χ1v) is 6.48. The number of aromatic nitrogens is 2. The average molecular weight is 240 g/mol. The fourth-order valence-corrected chi connectivity index (χ4v) is 1.61. The molecule has 0 spiro atoms. The van der Waals surface area contributed by atoms with Crippen molar-refractivity contribution in [3.05, 3.63) is 5.89 Å². The van der Waals surface area contributed by atoms with Crippen LogP contribution >= 0.6 is 0 Å². The molecule has 0 aliphatic heterocycles. The summed E-state index contributed by atoms with van der Waals surface area (Å²) < 4.78 is 5.23. The van der Waals surface area contributed by atoms with Gasteiger partial charge in [-0.1, -0.05) is 13.8 Å². The quantitative estimate of drug-likeness (QED) is 0.703. The highest BCUT2D eigenvalue weighted by Crippen LogP contribution is 2.09. The first-order valence-electron chi connectivity index (χ1n) is 6.48. The summed E-state index contributed by atoms with van der Waals surface area (Å²) in [7, 11) is 0. The first-order chi connectivity index (χ1) is 8.17. The smallest absolute Gasteiger partial charge is 0.266 e. The maximum atomic E-state index is 5.23. The van der Waals surface area contributed by atoms with Gasteiger partial charge in [-0.05, 0) is 32.0 Å². The Morgan fingerprint density at radius 3 is 2.59 bits per heavy atom. The van der Waals surface area contributed by atoms with E-state index in [1.807, 2.05) is 0 Å². The molecule has 5 nitrogen and oxygen atoms in total. The zero-order chi connectivity index (χ0) is 12.7. The van der Waals surface area contributed by atoms with Crippen molar-refractivity contribution in [3.8, 4) is 0 Å². The van der Waals surface area contributed by atoms with Crippen LogP contribution in [0.5, 0.6) is 0 Å². The van der Waals surface area contributed by atoms with E-state index < -0.39 is 0 Å². The number of hydrogen-bond donors (Lipinski definition) is 1. The number of rotatable bonds is 8. The lowest BCUT2D eigenvalue weighted by Crippen LogP contribution is -2.24. The van der Waals surface area contributed by atoms with Crippen LogP contribution in [0.3, 0.4) is 0 Å². The van der Waals surface area contributed by atoms with E-state index in [1.54, 1.807) is 0 Å². The molecule has 0 aromatic carbocycles. The monoisotopic (exact) mass is 240 g/mol. The fourth-order valence-electron chi connectivity index (χ4n) is 1.61. The Morgan fingerprint density at radius 1 is 1.29 bits per heavy atom. The van der Waals surface area contributed by atoms with E-state index in [1.165, 1.54) is 0 Å². The van der Waals surface area contributed by atoms with Crippen molar-refractivity contribution in [1.29, 1.82) is 0 Å². The molecule has 1 aromatic rings. The minimum absolute atomic E-state index is 0.531. The third kappa shape index (κ3) is 4.73. The largest absolute Gasteiger partial charge is 0.339 e. The second-order valence-electron chi connectivity index (χ2n) is 4.37. The lowest BCUT2D eigenvalue weighted by Gasteiger charge is -2.14. The second kappa shape index (κ2) is 7.27. The molecule has 0 atom stereocenters. The normalized spacial score (nSPS) is 11.1. The van der Waals surface area contributed by atoms with Crippen molar-refractivity contribution in [1.82, 2.24) is 15.5 Å². The van der Waals surface area contributed by atoms with Gasteiger partial charge in [0.05, 0.1) is 0 Å². The van der Waals surface area contributed by atoms with Gasteiger partial charge in [0.25, 0.3) is 5.95 Å². The van der Waals surface area contributed by atoms with Crippen molar-refractivity contribution < 1.29 is 4.52 Å². The minimum atomic E-state index is 0.531. The van der Waals surface area contributed by atoms with Crippen LogP contribution < -0.4 is 10.2 Å². The molecule has 1 N–H and O–H groups in total. The lowest BCUT2D eigenvalue weighted by atomic mass is 10.3. The van der Waals surface area contributed by atoms with Crippen molar-refractivity contribution in [2.45, 2.75) is 46.6 Å². The topological polar surface area (TPSA) is 54.2 Å². The lowest BCUT2D eigenvalue weighted by molar-refractivity contribution is 0.372. The van der Waals surface area contributed by atoms with Crippen LogP contribution in [0.25, 0.3) is 0 Å². The summed E-state index contributed by atoms with van der Waals surface area (Å²) in [5, 5.41) is 7.36. The maximum Gasteiger partial charge on any atom is 0.266 e. The fraction of sp³-hybridized carbons (Fsp3) is 0.833. The Balaban J connectivity index is 2.35. The van der Waals surface area contributed by atoms with Crippen LogP contribution in [0.15, 0.2) is 4.52 Å². The van der Waals surface area contributed by atoms with Gasteiger partial charge >= 0.3 is 0 Å². The van der Waals surface area contributed by atoms with E-state index in [-0.39, 0.29) is 0 Å². The van der Waals surface area contributed by atoms with E-state index in [2.05, 4.69) is 48.1 Å². The van der Waals surface area contributed by atoms with Gasteiger partial charge in [0.15, 0.2) is 0 Å². The Bertz CT molecular complexity index is 307. The van der Waals surface area contributed by atoms with Crippen LogP contribution in [-0.4, -0.2) is 35.8 Å².